The Balaban J connectivity index is 2.51. The predicted molar refractivity (Wildman–Crippen MR) is 69.3 cm³/mol. The van der Waals surface area contributed by atoms with Crippen LogP contribution in [-0.2, 0) is 6.18 Å². The summed E-state index contributed by atoms with van der Waals surface area (Å²) in [7, 11) is 0. The van der Waals surface area contributed by atoms with Gasteiger partial charge in [-0.25, -0.2) is 4.39 Å². The zero-order chi connectivity index (χ0) is 14.9. The van der Waals surface area contributed by atoms with Crippen LogP contribution in [0.4, 0.5) is 17.6 Å². The first-order valence-electron chi connectivity index (χ1n) is 5.78. The number of hydrogen-bond acceptors (Lipinski definition) is 1. The van der Waals surface area contributed by atoms with Crippen LogP contribution < -0.4 is 0 Å². The Kier molecular flexibility index (Phi) is 3.61. The van der Waals surface area contributed by atoms with Crippen molar-refractivity contribution >= 4 is 5.57 Å². The Hall–Kier alpha value is -2.17. The van der Waals surface area contributed by atoms with Crippen molar-refractivity contribution in [3.8, 4) is 11.1 Å². The van der Waals surface area contributed by atoms with Gasteiger partial charge >= 0.3 is 6.18 Å². The van der Waals surface area contributed by atoms with Gasteiger partial charge in [-0.05, 0) is 24.6 Å². The van der Waals surface area contributed by atoms with Crippen LogP contribution in [0.1, 0.15) is 18.2 Å². The van der Waals surface area contributed by atoms with E-state index in [9.17, 15) is 17.6 Å². The smallest absolute Gasteiger partial charge is 0.256 e. The van der Waals surface area contributed by atoms with Gasteiger partial charge in [-0.1, -0.05) is 24.8 Å². The van der Waals surface area contributed by atoms with Crippen molar-refractivity contribution in [3.05, 3.63) is 60.2 Å². The van der Waals surface area contributed by atoms with Crippen LogP contribution in [0.2, 0.25) is 0 Å². The summed E-state index contributed by atoms with van der Waals surface area (Å²) < 4.78 is 51.9. The SMILES string of the molecule is C=C(C)c1ccc(-c2cccc(C(F)(F)F)c2F)cn1. The molecule has 0 bridgehead atoms. The van der Waals surface area contributed by atoms with E-state index < -0.39 is 17.6 Å². The number of nitrogens with zero attached hydrogens (tertiary/aromatic N) is 1. The Morgan fingerprint density at radius 1 is 1.15 bits per heavy atom. The van der Waals surface area contributed by atoms with E-state index in [2.05, 4.69) is 11.6 Å². The molecule has 0 aliphatic heterocycles. The lowest BCUT2D eigenvalue weighted by molar-refractivity contribution is -0.139. The average Bonchev–Trinajstić information content (AvgIpc) is 2.37. The Morgan fingerprint density at radius 2 is 1.85 bits per heavy atom. The number of hydrogen-bond donors (Lipinski definition) is 0. The highest BCUT2D eigenvalue weighted by molar-refractivity contribution is 5.67. The molecule has 1 aromatic carbocycles. The molecular formula is C15H11F4N. The van der Waals surface area contributed by atoms with Crippen LogP contribution in [0.3, 0.4) is 0 Å². The third-order valence-electron chi connectivity index (χ3n) is 2.82. The van der Waals surface area contributed by atoms with E-state index in [-0.39, 0.29) is 5.56 Å². The van der Waals surface area contributed by atoms with Gasteiger partial charge in [0, 0.05) is 17.3 Å². The number of aromatic nitrogens is 1. The molecular weight excluding hydrogens is 270 g/mol. The molecule has 2 aromatic rings. The third-order valence-corrected chi connectivity index (χ3v) is 2.82. The normalized spacial score (nSPS) is 11.4. The van der Waals surface area contributed by atoms with Gasteiger partial charge in [0.05, 0.1) is 11.3 Å². The average molecular weight is 281 g/mol. The third kappa shape index (κ3) is 2.71. The van der Waals surface area contributed by atoms with Crippen LogP contribution in [0.5, 0.6) is 0 Å². The summed E-state index contributed by atoms with van der Waals surface area (Å²) in [6, 6.07) is 6.30. The number of benzene rings is 1. The minimum absolute atomic E-state index is 0.124. The molecule has 1 heterocycles. The van der Waals surface area contributed by atoms with E-state index in [0.717, 1.165) is 5.57 Å². The van der Waals surface area contributed by atoms with E-state index >= 15 is 0 Å². The van der Waals surface area contributed by atoms with Crippen molar-refractivity contribution in [3.63, 3.8) is 0 Å². The van der Waals surface area contributed by atoms with E-state index in [4.69, 9.17) is 0 Å². The summed E-state index contributed by atoms with van der Waals surface area (Å²) in [5, 5.41) is 0. The van der Waals surface area contributed by atoms with E-state index in [1.807, 2.05) is 0 Å². The highest BCUT2D eigenvalue weighted by Crippen LogP contribution is 2.35. The fourth-order valence-corrected chi connectivity index (χ4v) is 1.78. The van der Waals surface area contributed by atoms with Crippen LogP contribution in [0.15, 0.2) is 43.1 Å². The molecule has 1 nitrogen and oxygen atoms in total. The molecule has 0 unspecified atom stereocenters. The quantitative estimate of drug-likeness (QED) is 0.710. The summed E-state index contributed by atoms with van der Waals surface area (Å²) in [5.74, 6) is -1.29. The molecule has 0 N–H and O–H groups in total. The second kappa shape index (κ2) is 5.07. The van der Waals surface area contributed by atoms with Crippen molar-refractivity contribution in [1.82, 2.24) is 4.98 Å². The van der Waals surface area contributed by atoms with Crippen molar-refractivity contribution in [2.75, 3.05) is 0 Å². The Bertz CT molecular complexity index is 642. The maximum Gasteiger partial charge on any atom is 0.419 e. The predicted octanol–water partition coefficient (Wildman–Crippen LogP) is 4.94. The Morgan fingerprint density at radius 3 is 2.35 bits per heavy atom. The number of pyridine rings is 1. The fraction of sp³-hybridized carbons (Fsp3) is 0.133. The van der Waals surface area contributed by atoms with Gasteiger partial charge in [0.15, 0.2) is 0 Å². The molecule has 0 saturated carbocycles. The van der Waals surface area contributed by atoms with Crippen LogP contribution in [-0.4, -0.2) is 4.98 Å². The molecule has 0 fully saturated rings. The number of rotatable bonds is 2. The molecule has 0 radical (unpaired) electrons. The molecule has 0 saturated heterocycles. The minimum Gasteiger partial charge on any atom is -0.256 e. The molecule has 20 heavy (non-hydrogen) atoms. The summed E-state index contributed by atoms with van der Waals surface area (Å²) in [6.07, 6.45) is -3.38. The van der Waals surface area contributed by atoms with Gasteiger partial charge in [0.2, 0.25) is 0 Å². The lowest BCUT2D eigenvalue weighted by Gasteiger charge is -2.11. The molecule has 1 aromatic heterocycles. The summed E-state index contributed by atoms with van der Waals surface area (Å²) >= 11 is 0. The first-order valence-corrected chi connectivity index (χ1v) is 5.78. The molecule has 0 spiro atoms. The second-order valence-corrected chi connectivity index (χ2v) is 4.38. The lowest BCUT2D eigenvalue weighted by Crippen LogP contribution is -2.08. The maximum absolute atomic E-state index is 13.9. The van der Waals surface area contributed by atoms with E-state index in [1.54, 1.807) is 13.0 Å². The zero-order valence-corrected chi connectivity index (χ0v) is 10.6. The van der Waals surface area contributed by atoms with Crippen LogP contribution >= 0.6 is 0 Å². The Labute approximate surface area is 113 Å². The van der Waals surface area contributed by atoms with Crippen molar-refractivity contribution < 1.29 is 17.6 Å². The van der Waals surface area contributed by atoms with Crippen LogP contribution in [0.25, 0.3) is 16.7 Å². The molecule has 5 heteroatoms. The summed E-state index contributed by atoms with van der Waals surface area (Å²) in [5.41, 5.74) is 0.223. The van der Waals surface area contributed by atoms with Crippen molar-refractivity contribution in [2.45, 2.75) is 13.1 Å². The first-order chi connectivity index (χ1) is 9.30. The largest absolute Gasteiger partial charge is 0.419 e. The number of alkyl halides is 3. The van der Waals surface area contributed by atoms with Crippen LogP contribution in [0, 0.1) is 5.82 Å². The van der Waals surface area contributed by atoms with Gasteiger partial charge in [-0.3, -0.25) is 4.98 Å². The van der Waals surface area contributed by atoms with Crippen molar-refractivity contribution in [2.24, 2.45) is 0 Å². The van der Waals surface area contributed by atoms with Crippen molar-refractivity contribution in [1.29, 1.82) is 0 Å². The number of halogens is 4. The number of allylic oxidation sites excluding steroid dienone is 1. The minimum atomic E-state index is -4.72. The molecule has 0 amide bonds. The topological polar surface area (TPSA) is 12.9 Å². The highest BCUT2D eigenvalue weighted by Gasteiger charge is 2.34. The summed E-state index contributed by atoms with van der Waals surface area (Å²) in [6.45, 7) is 5.46. The van der Waals surface area contributed by atoms with E-state index in [0.29, 0.717) is 17.3 Å². The maximum atomic E-state index is 13.9. The van der Waals surface area contributed by atoms with Gasteiger partial charge in [-0.2, -0.15) is 13.2 Å². The molecule has 0 atom stereocenters. The molecule has 0 aliphatic carbocycles. The second-order valence-electron chi connectivity index (χ2n) is 4.38. The molecule has 104 valence electrons. The standard InChI is InChI=1S/C15H11F4N/c1-9(2)13-7-6-10(8-20-13)11-4-3-5-12(14(11)16)15(17,18)19/h3-8H,1H2,2H3. The fourth-order valence-electron chi connectivity index (χ4n) is 1.78. The van der Waals surface area contributed by atoms with Gasteiger partial charge in [0.1, 0.15) is 5.82 Å². The highest BCUT2D eigenvalue weighted by atomic mass is 19.4. The molecule has 2 rings (SSSR count). The van der Waals surface area contributed by atoms with Gasteiger partial charge in [-0.15, -0.1) is 0 Å². The lowest BCUT2D eigenvalue weighted by atomic mass is 10.0. The van der Waals surface area contributed by atoms with Gasteiger partial charge in [0.25, 0.3) is 0 Å². The zero-order valence-electron chi connectivity index (χ0n) is 10.6. The monoisotopic (exact) mass is 281 g/mol. The van der Waals surface area contributed by atoms with Gasteiger partial charge < -0.3 is 0 Å². The van der Waals surface area contributed by atoms with E-state index in [1.165, 1.54) is 24.4 Å². The first kappa shape index (κ1) is 14.2. The molecule has 0 aliphatic rings. The summed E-state index contributed by atoms with van der Waals surface area (Å²) in [4.78, 5) is 4.04.